The number of carbonyl (C=O) groups is 1. The zero-order valence-electron chi connectivity index (χ0n) is 11.6. The van der Waals surface area contributed by atoms with Gasteiger partial charge in [0, 0.05) is 24.4 Å². The number of rotatable bonds is 7. The molecule has 2 atom stereocenters. The number of amides is 1. The van der Waals surface area contributed by atoms with Crippen molar-refractivity contribution < 1.29 is 9.53 Å². The monoisotopic (exact) mass is 275 g/mol. The number of halogens is 1. The van der Waals surface area contributed by atoms with Crippen LogP contribution in [0.4, 0.5) is 0 Å². The third-order valence-electron chi connectivity index (χ3n) is 3.84. The van der Waals surface area contributed by atoms with Crippen LogP contribution < -0.4 is 5.32 Å². The van der Waals surface area contributed by atoms with E-state index < -0.39 is 0 Å². The summed E-state index contributed by atoms with van der Waals surface area (Å²) in [5, 5.41) is 3.10. The molecule has 1 rings (SSSR count). The summed E-state index contributed by atoms with van der Waals surface area (Å²) in [5.74, 6) is 0.703. The second-order valence-corrected chi connectivity index (χ2v) is 5.81. The maximum atomic E-state index is 11.9. The Balaban J connectivity index is 2.27. The van der Waals surface area contributed by atoms with Gasteiger partial charge in [0.25, 0.3) is 0 Å². The lowest BCUT2D eigenvalue weighted by Crippen LogP contribution is -2.46. The van der Waals surface area contributed by atoms with E-state index in [1.54, 1.807) is 0 Å². The zero-order valence-corrected chi connectivity index (χ0v) is 12.4. The van der Waals surface area contributed by atoms with Crippen molar-refractivity contribution in [3.63, 3.8) is 0 Å². The first-order valence-electron chi connectivity index (χ1n) is 7.08. The van der Waals surface area contributed by atoms with Gasteiger partial charge < -0.3 is 10.1 Å². The molecule has 0 aliphatic carbocycles. The lowest BCUT2D eigenvalue weighted by atomic mass is 9.95. The van der Waals surface area contributed by atoms with Crippen molar-refractivity contribution in [2.45, 2.75) is 70.4 Å². The van der Waals surface area contributed by atoms with Crippen LogP contribution in [0, 0.1) is 0 Å². The van der Waals surface area contributed by atoms with Crippen molar-refractivity contribution in [3.8, 4) is 0 Å². The van der Waals surface area contributed by atoms with Crippen molar-refractivity contribution >= 4 is 17.5 Å². The SMILES string of the molecule is CCC(C)(CCCl)NC(=O)CCC1CCCCO1. The Bertz CT molecular complexity index is 254. The molecule has 2 unspecified atom stereocenters. The topological polar surface area (TPSA) is 38.3 Å². The largest absolute Gasteiger partial charge is 0.378 e. The predicted octanol–water partition coefficient (Wildman–Crippen LogP) is 3.25. The van der Waals surface area contributed by atoms with Crippen LogP contribution >= 0.6 is 11.6 Å². The molecule has 1 aliphatic heterocycles. The van der Waals surface area contributed by atoms with Crippen molar-refractivity contribution in [3.05, 3.63) is 0 Å². The molecule has 1 aliphatic rings. The first-order valence-corrected chi connectivity index (χ1v) is 7.61. The maximum absolute atomic E-state index is 11.9. The molecule has 4 heteroatoms. The molecule has 0 bridgehead atoms. The van der Waals surface area contributed by atoms with Crippen molar-refractivity contribution in [1.29, 1.82) is 0 Å². The van der Waals surface area contributed by atoms with E-state index in [0.717, 1.165) is 38.7 Å². The fraction of sp³-hybridized carbons (Fsp3) is 0.929. The predicted molar refractivity (Wildman–Crippen MR) is 75.0 cm³/mol. The number of alkyl halides is 1. The summed E-state index contributed by atoms with van der Waals surface area (Å²) in [5.41, 5.74) is -0.160. The summed E-state index contributed by atoms with van der Waals surface area (Å²) in [6.45, 7) is 4.99. The van der Waals surface area contributed by atoms with Gasteiger partial charge in [0.05, 0.1) is 6.10 Å². The quantitative estimate of drug-likeness (QED) is 0.725. The molecule has 0 aromatic carbocycles. The Morgan fingerprint density at radius 3 is 2.83 bits per heavy atom. The molecule has 0 aromatic rings. The number of hydrogen-bond acceptors (Lipinski definition) is 2. The van der Waals surface area contributed by atoms with Crippen LogP contribution in [-0.4, -0.2) is 30.0 Å². The highest BCUT2D eigenvalue weighted by molar-refractivity contribution is 6.17. The van der Waals surface area contributed by atoms with Gasteiger partial charge in [-0.15, -0.1) is 11.6 Å². The minimum Gasteiger partial charge on any atom is -0.378 e. The highest BCUT2D eigenvalue weighted by atomic mass is 35.5. The van der Waals surface area contributed by atoms with Crippen LogP contribution in [0.1, 0.15) is 58.8 Å². The van der Waals surface area contributed by atoms with Crippen LogP contribution in [-0.2, 0) is 9.53 Å². The van der Waals surface area contributed by atoms with Crippen molar-refractivity contribution in [2.75, 3.05) is 12.5 Å². The second kappa shape index (κ2) is 8.00. The third kappa shape index (κ3) is 5.57. The fourth-order valence-corrected chi connectivity index (χ4v) is 2.68. The Morgan fingerprint density at radius 1 is 1.50 bits per heavy atom. The molecular formula is C14H26ClNO2. The van der Waals surface area contributed by atoms with Gasteiger partial charge in [-0.3, -0.25) is 4.79 Å². The molecule has 18 heavy (non-hydrogen) atoms. The normalized spacial score (nSPS) is 23.4. The van der Waals surface area contributed by atoms with E-state index in [0.29, 0.717) is 12.3 Å². The van der Waals surface area contributed by atoms with E-state index in [-0.39, 0.29) is 17.6 Å². The average molecular weight is 276 g/mol. The third-order valence-corrected chi connectivity index (χ3v) is 4.02. The molecule has 1 fully saturated rings. The molecular weight excluding hydrogens is 250 g/mol. The number of carbonyl (C=O) groups excluding carboxylic acids is 1. The molecule has 1 saturated heterocycles. The minimum absolute atomic E-state index is 0.124. The van der Waals surface area contributed by atoms with E-state index in [1.807, 2.05) is 0 Å². The molecule has 1 heterocycles. The highest BCUT2D eigenvalue weighted by Crippen LogP contribution is 2.18. The summed E-state index contributed by atoms with van der Waals surface area (Å²) in [7, 11) is 0. The standard InChI is InChI=1S/C14H26ClNO2/c1-3-14(2,9-10-15)16-13(17)8-7-12-6-4-5-11-18-12/h12H,3-11H2,1-2H3,(H,16,17). The first kappa shape index (κ1) is 15.8. The van der Waals surface area contributed by atoms with Gasteiger partial charge in [-0.05, 0) is 45.4 Å². The van der Waals surface area contributed by atoms with Crippen LogP contribution in [0.5, 0.6) is 0 Å². The number of hydrogen-bond donors (Lipinski definition) is 1. The van der Waals surface area contributed by atoms with E-state index >= 15 is 0 Å². The number of ether oxygens (including phenoxy) is 1. The molecule has 0 spiro atoms. The van der Waals surface area contributed by atoms with Gasteiger partial charge >= 0.3 is 0 Å². The molecule has 0 saturated carbocycles. The molecule has 1 N–H and O–H groups in total. The highest BCUT2D eigenvalue weighted by Gasteiger charge is 2.24. The van der Waals surface area contributed by atoms with Crippen molar-refractivity contribution in [2.24, 2.45) is 0 Å². The van der Waals surface area contributed by atoms with E-state index in [4.69, 9.17) is 16.3 Å². The summed E-state index contributed by atoms with van der Waals surface area (Å²) in [6.07, 6.45) is 6.89. The van der Waals surface area contributed by atoms with Crippen LogP contribution in [0.15, 0.2) is 0 Å². The Hall–Kier alpha value is -0.280. The van der Waals surface area contributed by atoms with Gasteiger partial charge in [-0.1, -0.05) is 6.92 Å². The van der Waals surface area contributed by atoms with Crippen molar-refractivity contribution in [1.82, 2.24) is 5.32 Å². The second-order valence-electron chi connectivity index (χ2n) is 5.43. The van der Waals surface area contributed by atoms with E-state index in [1.165, 1.54) is 6.42 Å². The van der Waals surface area contributed by atoms with Crippen LogP contribution in [0.2, 0.25) is 0 Å². The molecule has 3 nitrogen and oxygen atoms in total. The minimum atomic E-state index is -0.160. The van der Waals surface area contributed by atoms with Crippen LogP contribution in [0.25, 0.3) is 0 Å². The van der Waals surface area contributed by atoms with Gasteiger partial charge in [0.15, 0.2) is 0 Å². The summed E-state index contributed by atoms with van der Waals surface area (Å²) < 4.78 is 5.63. The average Bonchev–Trinajstić information content (AvgIpc) is 2.38. The zero-order chi connectivity index (χ0) is 13.4. The number of nitrogens with one attached hydrogen (secondary N) is 1. The molecule has 0 aromatic heterocycles. The molecule has 106 valence electrons. The van der Waals surface area contributed by atoms with Gasteiger partial charge in [-0.25, -0.2) is 0 Å². The summed E-state index contributed by atoms with van der Waals surface area (Å²) in [4.78, 5) is 11.9. The van der Waals surface area contributed by atoms with E-state index in [9.17, 15) is 4.79 Å². The molecule has 1 amide bonds. The summed E-state index contributed by atoms with van der Waals surface area (Å²) >= 11 is 5.78. The fourth-order valence-electron chi connectivity index (χ4n) is 2.26. The van der Waals surface area contributed by atoms with Gasteiger partial charge in [0.1, 0.15) is 0 Å². The Kier molecular flexibility index (Phi) is 7.02. The lowest BCUT2D eigenvalue weighted by molar-refractivity contribution is -0.124. The smallest absolute Gasteiger partial charge is 0.220 e. The maximum Gasteiger partial charge on any atom is 0.220 e. The molecule has 0 radical (unpaired) electrons. The summed E-state index contributed by atoms with van der Waals surface area (Å²) in [6, 6.07) is 0. The lowest BCUT2D eigenvalue weighted by Gasteiger charge is -2.29. The first-order chi connectivity index (χ1) is 8.59. The van der Waals surface area contributed by atoms with Gasteiger partial charge in [0.2, 0.25) is 5.91 Å². The Morgan fingerprint density at radius 2 is 2.28 bits per heavy atom. The van der Waals surface area contributed by atoms with Crippen LogP contribution in [0.3, 0.4) is 0 Å². The van der Waals surface area contributed by atoms with Gasteiger partial charge in [-0.2, -0.15) is 0 Å². The van der Waals surface area contributed by atoms with E-state index in [2.05, 4.69) is 19.2 Å². The Labute approximate surface area is 116 Å².